The molecule has 4 aliphatic rings. The van der Waals surface area contributed by atoms with E-state index in [-0.39, 0.29) is 30.5 Å². The highest BCUT2D eigenvalue weighted by Gasteiger charge is 2.78. The Kier molecular flexibility index (Phi) is 6.72. The lowest BCUT2D eigenvalue weighted by Crippen LogP contribution is -2.64. The van der Waals surface area contributed by atoms with E-state index in [4.69, 9.17) is 0 Å². The molecule has 0 heterocycles. The second-order valence-electron chi connectivity index (χ2n) is 12.4. The van der Waals surface area contributed by atoms with Crippen LogP contribution in [-0.4, -0.2) is 28.6 Å². The van der Waals surface area contributed by atoms with E-state index in [2.05, 4.69) is 5.32 Å². The number of para-hydroxylation sites is 1. The van der Waals surface area contributed by atoms with Crippen LogP contribution in [0.2, 0.25) is 0 Å². The highest BCUT2D eigenvalue weighted by molar-refractivity contribution is 5.94. The number of hydrogen-bond donors (Lipinski definition) is 2. The van der Waals surface area contributed by atoms with Crippen LogP contribution in [0, 0.1) is 17.3 Å². The van der Waals surface area contributed by atoms with Gasteiger partial charge >= 0.3 is 12.1 Å². The van der Waals surface area contributed by atoms with Crippen molar-refractivity contribution in [3.63, 3.8) is 0 Å². The number of rotatable bonds is 5. The number of ketones is 1. The standard InChI is InChI=1S/C33H34F5NO2/c1-30-15-13-26-25(28(30)14-16-31(30,41)32(34,35)33(36,37)38)12-11-22-17-24(40)18-27(29(22)26)21-9-7-20(8-10-21)19-39-23-5-3-2-4-6-23/h2-10,17,25,27-28,39,41H,11-16,18-19H2,1H3/t25-,27?,28+,30+,31?/m1/s1. The van der Waals surface area contributed by atoms with Crippen molar-refractivity contribution < 1.29 is 31.9 Å². The Balaban J connectivity index is 1.31. The molecule has 2 unspecified atom stereocenters. The van der Waals surface area contributed by atoms with Gasteiger partial charge < -0.3 is 10.4 Å². The average molecular weight is 572 g/mol. The predicted molar refractivity (Wildman–Crippen MR) is 146 cm³/mol. The minimum absolute atomic E-state index is 0.0447. The molecule has 0 radical (unpaired) electrons. The molecule has 2 fully saturated rings. The summed E-state index contributed by atoms with van der Waals surface area (Å²) in [7, 11) is 0. The van der Waals surface area contributed by atoms with Gasteiger partial charge in [-0.2, -0.15) is 22.0 Å². The number of benzene rings is 2. The molecule has 41 heavy (non-hydrogen) atoms. The van der Waals surface area contributed by atoms with Crippen molar-refractivity contribution in [1.29, 1.82) is 0 Å². The minimum atomic E-state index is -5.82. The molecule has 0 saturated heterocycles. The SMILES string of the molecule is C[C@]12CCC3=C4C(=CC(=O)CC4c4ccc(CNc5ccccc5)cc4)CC[C@H]3[C@@H]1CCC2(O)C(F)(F)C(F)(F)F. The normalized spacial score (nSPS) is 31.7. The summed E-state index contributed by atoms with van der Waals surface area (Å²) in [6.45, 7) is 2.07. The smallest absolute Gasteiger partial charge is 0.383 e. The summed E-state index contributed by atoms with van der Waals surface area (Å²) in [6.07, 6.45) is -2.74. The van der Waals surface area contributed by atoms with Gasteiger partial charge in [0, 0.05) is 30.0 Å². The van der Waals surface area contributed by atoms with Crippen molar-refractivity contribution in [2.45, 2.75) is 82.0 Å². The highest BCUT2D eigenvalue weighted by Crippen LogP contribution is 2.68. The van der Waals surface area contributed by atoms with E-state index in [9.17, 15) is 31.9 Å². The first-order valence-corrected chi connectivity index (χ1v) is 14.4. The van der Waals surface area contributed by atoms with Gasteiger partial charge in [-0.1, -0.05) is 55.0 Å². The number of halogens is 5. The third-order valence-corrected chi connectivity index (χ3v) is 10.5. The molecular weight excluding hydrogens is 537 g/mol. The number of nitrogens with one attached hydrogen (secondary N) is 1. The lowest BCUT2D eigenvalue weighted by molar-refractivity contribution is -0.362. The van der Waals surface area contributed by atoms with Crippen LogP contribution in [0.1, 0.15) is 68.9 Å². The fourth-order valence-electron chi connectivity index (χ4n) is 8.31. The number of fused-ring (bicyclic) bond motifs is 4. The van der Waals surface area contributed by atoms with Gasteiger partial charge in [-0.25, -0.2) is 0 Å². The largest absolute Gasteiger partial charge is 0.456 e. The van der Waals surface area contributed by atoms with Crippen LogP contribution in [-0.2, 0) is 11.3 Å². The number of aliphatic hydroxyl groups is 1. The van der Waals surface area contributed by atoms with E-state index in [0.717, 1.165) is 33.5 Å². The number of carbonyl (C=O) groups is 1. The summed E-state index contributed by atoms with van der Waals surface area (Å²) in [5.41, 5.74) is 1.50. The maximum absolute atomic E-state index is 14.8. The molecule has 8 heteroatoms. The van der Waals surface area contributed by atoms with Gasteiger partial charge in [0.25, 0.3) is 0 Å². The molecular formula is C33H34F5NO2. The maximum Gasteiger partial charge on any atom is 0.456 e. The van der Waals surface area contributed by atoms with Crippen LogP contribution < -0.4 is 5.32 Å². The predicted octanol–water partition coefficient (Wildman–Crippen LogP) is 8.13. The van der Waals surface area contributed by atoms with Crippen molar-refractivity contribution >= 4 is 11.5 Å². The second kappa shape index (κ2) is 9.79. The fraction of sp³-hybridized carbons (Fsp3) is 0.485. The van der Waals surface area contributed by atoms with Crippen LogP contribution in [0.5, 0.6) is 0 Å². The van der Waals surface area contributed by atoms with Gasteiger partial charge in [-0.05, 0) is 90.8 Å². The lowest BCUT2D eigenvalue weighted by atomic mass is 9.53. The summed E-state index contributed by atoms with van der Waals surface area (Å²) in [6, 6.07) is 18.0. The second-order valence-corrected chi connectivity index (χ2v) is 12.4. The molecule has 6 rings (SSSR count). The highest BCUT2D eigenvalue weighted by atomic mass is 19.4. The van der Waals surface area contributed by atoms with Crippen molar-refractivity contribution in [1.82, 2.24) is 0 Å². The molecule has 2 N–H and O–H groups in total. The molecule has 2 saturated carbocycles. The zero-order valence-electron chi connectivity index (χ0n) is 22.9. The molecule has 0 aromatic heterocycles. The molecule has 0 bridgehead atoms. The molecule has 2 aromatic carbocycles. The van der Waals surface area contributed by atoms with Gasteiger partial charge in [0.05, 0.1) is 0 Å². The maximum atomic E-state index is 14.8. The number of hydrogen-bond acceptors (Lipinski definition) is 3. The van der Waals surface area contributed by atoms with Gasteiger partial charge in [0.1, 0.15) is 5.60 Å². The molecule has 3 nitrogen and oxygen atoms in total. The molecule has 218 valence electrons. The van der Waals surface area contributed by atoms with E-state index in [1.165, 1.54) is 6.92 Å². The Hall–Kier alpha value is -3.00. The quantitative estimate of drug-likeness (QED) is 0.357. The summed E-state index contributed by atoms with van der Waals surface area (Å²) in [5, 5.41) is 14.5. The number of alkyl halides is 5. The van der Waals surface area contributed by atoms with Gasteiger partial charge in [-0.15, -0.1) is 0 Å². The Morgan fingerprint density at radius 2 is 1.66 bits per heavy atom. The Morgan fingerprint density at radius 3 is 2.34 bits per heavy atom. The molecule has 2 aromatic rings. The number of carbonyl (C=O) groups excluding carboxylic acids is 1. The van der Waals surface area contributed by atoms with Gasteiger partial charge in [-0.3, -0.25) is 4.79 Å². The van der Waals surface area contributed by atoms with Gasteiger partial charge in [0.2, 0.25) is 0 Å². The summed E-state index contributed by atoms with van der Waals surface area (Å²) >= 11 is 0. The van der Waals surface area contributed by atoms with Crippen LogP contribution in [0.25, 0.3) is 0 Å². The first kappa shape index (κ1) is 28.1. The van der Waals surface area contributed by atoms with E-state index in [1.54, 1.807) is 6.08 Å². The third kappa shape index (κ3) is 4.36. The zero-order chi connectivity index (χ0) is 29.2. The summed E-state index contributed by atoms with van der Waals surface area (Å²) in [4.78, 5) is 12.8. The molecule has 0 aliphatic heterocycles. The monoisotopic (exact) mass is 571 g/mol. The van der Waals surface area contributed by atoms with Crippen LogP contribution >= 0.6 is 0 Å². The Labute approximate surface area is 236 Å². The fourth-order valence-corrected chi connectivity index (χ4v) is 8.31. The van der Waals surface area contributed by atoms with Crippen molar-refractivity contribution in [3.8, 4) is 0 Å². The van der Waals surface area contributed by atoms with Crippen LogP contribution in [0.4, 0.5) is 27.6 Å². The van der Waals surface area contributed by atoms with Crippen molar-refractivity contribution in [2.75, 3.05) is 5.32 Å². The number of anilines is 1. The van der Waals surface area contributed by atoms with Crippen molar-refractivity contribution in [2.24, 2.45) is 17.3 Å². The summed E-state index contributed by atoms with van der Waals surface area (Å²) < 4.78 is 70.1. The summed E-state index contributed by atoms with van der Waals surface area (Å²) in [5.74, 6) is -6.00. The average Bonchev–Trinajstić information content (AvgIpc) is 3.23. The lowest BCUT2D eigenvalue weighted by Gasteiger charge is -2.53. The van der Waals surface area contributed by atoms with E-state index in [1.807, 2.05) is 54.6 Å². The third-order valence-electron chi connectivity index (χ3n) is 10.5. The Bertz CT molecular complexity index is 1400. The number of allylic oxidation sites excluding steroid dienone is 4. The van der Waals surface area contributed by atoms with E-state index >= 15 is 0 Å². The van der Waals surface area contributed by atoms with Gasteiger partial charge in [0.15, 0.2) is 5.78 Å². The molecule has 5 atom stereocenters. The minimum Gasteiger partial charge on any atom is -0.383 e. The van der Waals surface area contributed by atoms with Crippen LogP contribution in [0.3, 0.4) is 0 Å². The first-order valence-electron chi connectivity index (χ1n) is 14.4. The zero-order valence-corrected chi connectivity index (χ0v) is 22.9. The topological polar surface area (TPSA) is 49.3 Å². The molecule has 0 amide bonds. The van der Waals surface area contributed by atoms with Crippen molar-refractivity contribution in [3.05, 3.63) is 88.5 Å². The first-order chi connectivity index (χ1) is 19.4. The van der Waals surface area contributed by atoms with E-state index in [0.29, 0.717) is 32.2 Å². The van der Waals surface area contributed by atoms with Crippen LogP contribution in [0.15, 0.2) is 77.4 Å². The van der Waals surface area contributed by atoms with E-state index < -0.39 is 35.5 Å². The Morgan fingerprint density at radius 1 is 0.951 bits per heavy atom. The molecule has 0 spiro atoms. The molecule has 4 aliphatic carbocycles.